The molecule has 0 aliphatic heterocycles. The molecule has 120 valence electrons. The van der Waals surface area contributed by atoms with Crippen molar-refractivity contribution in [3.63, 3.8) is 0 Å². The third kappa shape index (κ3) is 3.45. The highest BCUT2D eigenvalue weighted by Gasteiger charge is 2.25. The van der Waals surface area contributed by atoms with Crippen molar-refractivity contribution in [3.05, 3.63) is 51.4 Å². The maximum Gasteiger partial charge on any atom is 0.251 e. The van der Waals surface area contributed by atoms with Gasteiger partial charge in [0.15, 0.2) is 0 Å². The minimum atomic E-state index is -0.446. The molecule has 3 N–H and O–H groups in total. The van der Waals surface area contributed by atoms with E-state index in [9.17, 15) is 9.59 Å². The molecule has 23 heavy (non-hydrogen) atoms. The first-order valence-corrected chi connectivity index (χ1v) is 8.66. The van der Waals surface area contributed by atoms with Crippen molar-refractivity contribution in [2.75, 3.05) is 5.32 Å². The third-order valence-corrected chi connectivity index (χ3v) is 5.39. The molecule has 3 rings (SSSR count). The Hall–Kier alpha value is -2.14. The number of hydrogen-bond acceptors (Lipinski definition) is 3. The maximum atomic E-state index is 12.2. The van der Waals surface area contributed by atoms with Crippen LogP contribution in [0, 0.1) is 6.92 Å². The van der Waals surface area contributed by atoms with Crippen LogP contribution in [0.15, 0.2) is 24.3 Å². The van der Waals surface area contributed by atoms with Gasteiger partial charge in [-0.25, -0.2) is 0 Å². The lowest BCUT2D eigenvalue weighted by Gasteiger charge is -2.06. The first-order valence-electron chi connectivity index (χ1n) is 7.84. The van der Waals surface area contributed by atoms with E-state index in [1.807, 2.05) is 31.2 Å². The average Bonchev–Trinajstić information content (AvgIpc) is 3.06. The van der Waals surface area contributed by atoms with Crippen LogP contribution in [0.1, 0.15) is 44.8 Å². The minimum Gasteiger partial charge on any atom is -0.365 e. The summed E-state index contributed by atoms with van der Waals surface area (Å²) in [5.41, 5.74) is 9.40. The van der Waals surface area contributed by atoms with Gasteiger partial charge >= 0.3 is 0 Å². The summed E-state index contributed by atoms with van der Waals surface area (Å²) >= 11 is 1.50. The second kappa shape index (κ2) is 6.54. The van der Waals surface area contributed by atoms with Crippen LogP contribution in [0.5, 0.6) is 0 Å². The third-order valence-electron chi connectivity index (χ3n) is 4.18. The van der Waals surface area contributed by atoms with Crippen LogP contribution >= 0.6 is 11.3 Å². The summed E-state index contributed by atoms with van der Waals surface area (Å²) in [7, 11) is 0. The van der Waals surface area contributed by atoms with E-state index >= 15 is 0 Å². The second-order valence-electron chi connectivity index (χ2n) is 5.96. The first-order chi connectivity index (χ1) is 11.0. The lowest BCUT2D eigenvalue weighted by atomic mass is 10.1. The highest BCUT2D eigenvalue weighted by molar-refractivity contribution is 7.17. The van der Waals surface area contributed by atoms with Gasteiger partial charge < -0.3 is 11.1 Å². The van der Waals surface area contributed by atoms with Crippen molar-refractivity contribution in [2.24, 2.45) is 5.73 Å². The molecule has 4 nitrogen and oxygen atoms in total. The molecule has 0 atom stereocenters. The molecule has 0 spiro atoms. The van der Waals surface area contributed by atoms with Crippen molar-refractivity contribution in [1.29, 1.82) is 0 Å². The predicted molar refractivity (Wildman–Crippen MR) is 93.0 cm³/mol. The van der Waals surface area contributed by atoms with E-state index in [1.54, 1.807) is 0 Å². The van der Waals surface area contributed by atoms with Crippen molar-refractivity contribution >= 4 is 28.2 Å². The Morgan fingerprint density at radius 3 is 2.65 bits per heavy atom. The molecule has 1 aliphatic rings. The highest BCUT2D eigenvalue weighted by Crippen LogP contribution is 2.38. The summed E-state index contributed by atoms with van der Waals surface area (Å²) in [6, 6.07) is 8.17. The predicted octanol–water partition coefficient (Wildman–Crippen LogP) is 3.22. The molecule has 1 aliphatic carbocycles. The Bertz CT molecular complexity index is 747. The average molecular weight is 328 g/mol. The number of hydrogen-bond donors (Lipinski definition) is 2. The number of anilines is 1. The summed E-state index contributed by atoms with van der Waals surface area (Å²) in [4.78, 5) is 25.1. The van der Waals surface area contributed by atoms with Crippen molar-refractivity contribution in [3.8, 4) is 0 Å². The minimum absolute atomic E-state index is 0.0759. The van der Waals surface area contributed by atoms with E-state index < -0.39 is 5.91 Å². The van der Waals surface area contributed by atoms with Gasteiger partial charge in [0.25, 0.3) is 5.91 Å². The summed E-state index contributed by atoms with van der Waals surface area (Å²) in [6.07, 6.45) is 3.99. The van der Waals surface area contributed by atoms with Gasteiger partial charge in [-0.2, -0.15) is 0 Å². The van der Waals surface area contributed by atoms with Gasteiger partial charge in [-0.1, -0.05) is 29.8 Å². The van der Waals surface area contributed by atoms with E-state index in [1.165, 1.54) is 21.8 Å². The molecule has 0 saturated heterocycles. The van der Waals surface area contributed by atoms with Crippen LogP contribution in [0.25, 0.3) is 0 Å². The number of nitrogens with two attached hydrogens (primary N) is 1. The summed E-state index contributed by atoms with van der Waals surface area (Å²) < 4.78 is 0. The van der Waals surface area contributed by atoms with Crippen LogP contribution in [-0.2, 0) is 24.1 Å². The van der Waals surface area contributed by atoms with E-state index in [0.717, 1.165) is 30.4 Å². The molecule has 0 fully saturated rings. The van der Waals surface area contributed by atoms with Gasteiger partial charge in [-0.05, 0) is 43.7 Å². The van der Waals surface area contributed by atoms with E-state index in [4.69, 9.17) is 5.73 Å². The second-order valence-corrected chi connectivity index (χ2v) is 7.06. The molecule has 5 heteroatoms. The van der Waals surface area contributed by atoms with Gasteiger partial charge in [0.05, 0.1) is 5.56 Å². The number of nitrogens with one attached hydrogen (secondary N) is 1. The number of carbonyl (C=O) groups is 2. The molecule has 1 aromatic heterocycles. The van der Waals surface area contributed by atoms with Gasteiger partial charge in [-0.3, -0.25) is 9.59 Å². The SMILES string of the molecule is Cc1ccc(CCC(=O)Nc2sc3c(c2C(N)=O)CCC3)cc1. The quantitative estimate of drug-likeness (QED) is 0.884. The van der Waals surface area contributed by atoms with Gasteiger partial charge in [0.2, 0.25) is 5.91 Å². The van der Waals surface area contributed by atoms with E-state index in [0.29, 0.717) is 23.4 Å². The van der Waals surface area contributed by atoms with Crippen LogP contribution in [0.3, 0.4) is 0 Å². The lowest BCUT2D eigenvalue weighted by Crippen LogP contribution is -2.18. The van der Waals surface area contributed by atoms with Crippen LogP contribution in [0.2, 0.25) is 0 Å². The van der Waals surface area contributed by atoms with Crippen molar-refractivity contribution in [1.82, 2.24) is 0 Å². The zero-order valence-electron chi connectivity index (χ0n) is 13.1. The first kappa shape index (κ1) is 15.7. The van der Waals surface area contributed by atoms with Crippen LogP contribution < -0.4 is 11.1 Å². The normalized spacial score (nSPS) is 12.9. The zero-order chi connectivity index (χ0) is 16.4. The summed E-state index contributed by atoms with van der Waals surface area (Å²) in [6.45, 7) is 2.04. The Balaban J connectivity index is 1.66. The highest BCUT2D eigenvalue weighted by atomic mass is 32.1. The molecule has 0 saturated carbocycles. The topological polar surface area (TPSA) is 72.2 Å². The number of thiophene rings is 1. The molecule has 2 amide bonds. The molecular formula is C18H20N2O2S. The number of aryl methyl sites for hydroxylation is 3. The number of primary amides is 1. The van der Waals surface area contributed by atoms with E-state index in [-0.39, 0.29) is 5.91 Å². The Morgan fingerprint density at radius 1 is 1.22 bits per heavy atom. The fourth-order valence-corrected chi connectivity index (χ4v) is 4.27. The smallest absolute Gasteiger partial charge is 0.251 e. The monoisotopic (exact) mass is 328 g/mol. The van der Waals surface area contributed by atoms with Gasteiger partial charge in [0, 0.05) is 11.3 Å². The standard InChI is InChI=1S/C18H20N2O2S/c1-11-5-7-12(8-6-11)9-10-15(21)20-18-16(17(19)22)13-3-2-4-14(13)23-18/h5-8H,2-4,9-10H2,1H3,(H2,19,22)(H,20,21). The fourth-order valence-electron chi connectivity index (χ4n) is 2.95. The molecular weight excluding hydrogens is 308 g/mol. The Kier molecular flexibility index (Phi) is 4.48. The summed E-state index contributed by atoms with van der Waals surface area (Å²) in [5, 5.41) is 3.50. The van der Waals surface area contributed by atoms with Crippen molar-refractivity contribution < 1.29 is 9.59 Å². The lowest BCUT2D eigenvalue weighted by molar-refractivity contribution is -0.116. The number of amides is 2. The van der Waals surface area contributed by atoms with Crippen LogP contribution in [-0.4, -0.2) is 11.8 Å². The number of carbonyl (C=O) groups excluding carboxylic acids is 2. The molecule has 1 aromatic carbocycles. The maximum absolute atomic E-state index is 12.2. The number of rotatable bonds is 5. The fraction of sp³-hybridized carbons (Fsp3) is 0.333. The van der Waals surface area contributed by atoms with Crippen molar-refractivity contribution in [2.45, 2.75) is 39.0 Å². The Labute approximate surface area is 139 Å². The van der Waals surface area contributed by atoms with Gasteiger partial charge in [-0.15, -0.1) is 11.3 Å². The molecule has 0 bridgehead atoms. The van der Waals surface area contributed by atoms with Crippen LogP contribution in [0.4, 0.5) is 5.00 Å². The molecule has 0 radical (unpaired) electrons. The summed E-state index contributed by atoms with van der Waals surface area (Å²) in [5.74, 6) is -0.522. The largest absolute Gasteiger partial charge is 0.365 e. The van der Waals surface area contributed by atoms with E-state index in [2.05, 4.69) is 5.32 Å². The number of benzene rings is 1. The molecule has 1 heterocycles. The Morgan fingerprint density at radius 2 is 1.96 bits per heavy atom. The number of fused-ring (bicyclic) bond motifs is 1. The zero-order valence-corrected chi connectivity index (χ0v) is 14.0. The van der Waals surface area contributed by atoms with Gasteiger partial charge in [0.1, 0.15) is 5.00 Å². The molecule has 0 unspecified atom stereocenters. The molecule has 2 aromatic rings.